The van der Waals surface area contributed by atoms with E-state index in [0.717, 1.165) is 23.1 Å². The highest BCUT2D eigenvalue weighted by molar-refractivity contribution is 9.10. The SMILES string of the molecule is CC(CN)C(=O)N1CCc2ccc(Br)cc21. The molecule has 0 spiro atoms. The van der Waals surface area contributed by atoms with Gasteiger partial charge in [-0.05, 0) is 24.1 Å². The Morgan fingerprint density at radius 3 is 3.06 bits per heavy atom. The molecule has 1 amide bonds. The molecular weight excluding hydrogens is 268 g/mol. The molecule has 0 saturated heterocycles. The molecule has 0 fully saturated rings. The van der Waals surface area contributed by atoms with Crippen LogP contribution in [0.5, 0.6) is 0 Å². The Hall–Kier alpha value is -0.870. The zero-order chi connectivity index (χ0) is 11.7. The van der Waals surface area contributed by atoms with Crippen molar-refractivity contribution in [3.05, 3.63) is 28.2 Å². The Kier molecular flexibility index (Phi) is 3.30. The molecule has 2 rings (SSSR count). The van der Waals surface area contributed by atoms with E-state index in [-0.39, 0.29) is 11.8 Å². The Balaban J connectivity index is 2.29. The van der Waals surface area contributed by atoms with Crippen molar-refractivity contribution in [2.24, 2.45) is 11.7 Å². The molecule has 2 N–H and O–H groups in total. The second-order valence-electron chi connectivity index (χ2n) is 4.15. The fraction of sp³-hybridized carbons (Fsp3) is 0.417. The Labute approximate surface area is 104 Å². The monoisotopic (exact) mass is 282 g/mol. The van der Waals surface area contributed by atoms with Gasteiger partial charge in [0.25, 0.3) is 0 Å². The summed E-state index contributed by atoms with van der Waals surface area (Å²) in [5.41, 5.74) is 7.80. The fourth-order valence-electron chi connectivity index (χ4n) is 1.95. The van der Waals surface area contributed by atoms with Gasteiger partial charge in [0.2, 0.25) is 5.91 Å². The lowest BCUT2D eigenvalue weighted by atomic mass is 10.1. The zero-order valence-corrected chi connectivity index (χ0v) is 10.8. The van der Waals surface area contributed by atoms with E-state index in [9.17, 15) is 4.79 Å². The number of anilines is 1. The van der Waals surface area contributed by atoms with Crippen LogP contribution in [0.4, 0.5) is 5.69 Å². The number of carbonyl (C=O) groups is 1. The number of nitrogens with zero attached hydrogens (tertiary/aromatic N) is 1. The van der Waals surface area contributed by atoms with Crippen molar-refractivity contribution in [1.29, 1.82) is 0 Å². The number of hydrogen-bond acceptors (Lipinski definition) is 2. The van der Waals surface area contributed by atoms with E-state index in [1.807, 2.05) is 24.0 Å². The van der Waals surface area contributed by atoms with E-state index in [2.05, 4.69) is 22.0 Å². The largest absolute Gasteiger partial charge is 0.330 e. The van der Waals surface area contributed by atoms with E-state index >= 15 is 0 Å². The van der Waals surface area contributed by atoms with E-state index < -0.39 is 0 Å². The minimum atomic E-state index is -0.107. The van der Waals surface area contributed by atoms with Crippen molar-refractivity contribution >= 4 is 27.5 Å². The van der Waals surface area contributed by atoms with Crippen LogP contribution in [0.2, 0.25) is 0 Å². The number of halogens is 1. The second kappa shape index (κ2) is 4.55. The summed E-state index contributed by atoms with van der Waals surface area (Å²) >= 11 is 3.43. The van der Waals surface area contributed by atoms with Gasteiger partial charge in [-0.25, -0.2) is 0 Å². The molecule has 0 aromatic heterocycles. The fourth-order valence-corrected chi connectivity index (χ4v) is 2.30. The molecule has 16 heavy (non-hydrogen) atoms. The molecule has 1 atom stereocenters. The molecule has 3 nitrogen and oxygen atoms in total. The first-order valence-electron chi connectivity index (χ1n) is 5.43. The van der Waals surface area contributed by atoms with Gasteiger partial charge in [0.05, 0.1) is 0 Å². The Bertz CT molecular complexity index is 419. The number of nitrogens with two attached hydrogens (primary N) is 1. The summed E-state index contributed by atoms with van der Waals surface area (Å²) in [6, 6.07) is 6.09. The minimum Gasteiger partial charge on any atom is -0.330 e. The number of hydrogen-bond donors (Lipinski definition) is 1. The third-order valence-electron chi connectivity index (χ3n) is 2.98. The zero-order valence-electron chi connectivity index (χ0n) is 9.24. The predicted molar refractivity (Wildman–Crippen MR) is 68.4 cm³/mol. The topological polar surface area (TPSA) is 46.3 Å². The third-order valence-corrected chi connectivity index (χ3v) is 3.48. The summed E-state index contributed by atoms with van der Waals surface area (Å²) < 4.78 is 1.01. The average Bonchev–Trinajstić information content (AvgIpc) is 2.69. The van der Waals surface area contributed by atoms with E-state index in [1.54, 1.807) is 0 Å². The first kappa shape index (κ1) is 11.6. The highest BCUT2D eigenvalue weighted by atomic mass is 79.9. The smallest absolute Gasteiger partial charge is 0.231 e. The summed E-state index contributed by atoms with van der Waals surface area (Å²) in [4.78, 5) is 13.9. The van der Waals surface area contributed by atoms with Gasteiger partial charge in [-0.2, -0.15) is 0 Å². The summed E-state index contributed by atoms with van der Waals surface area (Å²) in [6.07, 6.45) is 0.936. The van der Waals surface area contributed by atoms with Crippen molar-refractivity contribution in [1.82, 2.24) is 0 Å². The normalized spacial score (nSPS) is 16.1. The predicted octanol–water partition coefficient (Wildman–Crippen LogP) is 1.93. The number of rotatable bonds is 2. The van der Waals surface area contributed by atoms with Crippen molar-refractivity contribution in [3.8, 4) is 0 Å². The van der Waals surface area contributed by atoms with Crippen LogP contribution in [0.3, 0.4) is 0 Å². The minimum absolute atomic E-state index is 0.107. The maximum atomic E-state index is 12.1. The molecule has 0 aliphatic carbocycles. The molecule has 1 unspecified atom stereocenters. The van der Waals surface area contributed by atoms with Gasteiger partial charge in [-0.3, -0.25) is 4.79 Å². The van der Waals surface area contributed by atoms with Crippen molar-refractivity contribution in [2.45, 2.75) is 13.3 Å². The molecular formula is C12H15BrN2O. The number of carbonyl (C=O) groups excluding carboxylic acids is 1. The number of fused-ring (bicyclic) bond motifs is 1. The molecule has 4 heteroatoms. The van der Waals surface area contributed by atoms with Crippen LogP contribution in [0.1, 0.15) is 12.5 Å². The molecule has 0 bridgehead atoms. The summed E-state index contributed by atoms with van der Waals surface area (Å²) in [5.74, 6) is 0.0179. The summed E-state index contributed by atoms with van der Waals surface area (Å²) in [6.45, 7) is 3.05. The van der Waals surface area contributed by atoms with Crippen molar-refractivity contribution in [3.63, 3.8) is 0 Å². The van der Waals surface area contributed by atoms with Crippen LogP contribution in [0.25, 0.3) is 0 Å². The van der Waals surface area contributed by atoms with Crippen LogP contribution >= 0.6 is 15.9 Å². The molecule has 1 aromatic rings. The lowest BCUT2D eigenvalue weighted by Gasteiger charge is -2.20. The quantitative estimate of drug-likeness (QED) is 0.901. The Morgan fingerprint density at radius 1 is 1.62 bits per heavy atom. The van der Waals surface area contributed by atoms with Gasteiger partial charge in [0, 0.05) is 29.2 Å². The second-order valence-corrected chi connectivity index (χ2v) is 5.07. The Morgan fingerprint density at radius 2 is 2.38 bits per heavy atom. The third kappa shape index (κ3) is 1.99. The van der Waals surface area contributed by atoms with Gasteiger partial charge in [0.15, 0.2) is 0 Å². The highest BCUT2D eigenvalue weighted by Crippen LogP contribution is 2.31. The first-order valence-corrected chi connectivity index (χ1v) is 6.22. The van der Waals surface area contributed by atoms with E-state index in [4.69, 9.17) is 5.73 Å². The van der Waals surface area contributed by atoms with Gasteiger partial charge in [-0.15, -0.1) is 0 Å². The lowest BCUT2D eigenvalue weighted by molar-refractivity contribution is -0.121. The molecule has 1 aromatic carbocycles. The molecule has 1 aliphatic heterocycles. The van der Waals surface area contributed by atoms with Crippen LogP contribution < -0.4 is 10.6 Å². The summed E-state index contributed by atoms with van der Waals surface area (Å²) in [5, 5.41) is 0. The molecule has 0 radical (unpaired) electrons. The lowest BCUT2D eigenvalue weighted by Crippen LogP contribution is -2.36. The number of benzene rings is 1. The molecule has 86 valence electrons. The van der Waals surface area contributed by atoms with Crippen LogP contribution in [-0.2, 0) is 11.2 Å². The molecule has 0 saturated carbocycles. The van der Waals surface area contributed by atoms with Crippen LogP contribution in [0.15, 0.2) is 22.7 Å². The van der Waals surface area contributed by atoms with Gasteiger partial charge in [-0.1, -0.05) is 28.9 Å². The van der Waals surface area contributed by atoms with Gasteiger partial charge < -0.3 is 10.6 Å². The first-order chi connectivity index (χ1) is 7.63. The average molecular weight is 283 g/mol. The maximum Gasteiger partial charge on any atom is 0.231 e. The number of amides is 1. The van der Waals surface area contributed by atoms with Crippen molar-refractivity contribution in [2.75, 3.05) is 18.0 Å². The van der Waals surface area contributed by atoms with Crippen LogP contribution in [-0.4, -0.2) is 19.0 Å². The van der Waals surface area contributed by atoms with Gasteiger partial charge in [0.1, 0.15) is 0 Å². The van der Waals surface area contributed by atoms with Crippen LogP contribution in [0, 0.1) is 5.92 Å². The molecule has 1 heterocycles. The van der Waals surface area contributed by atoms with E-state index in [0.29, 0.717) is 6.54 Å². The maximum absolute atomic E-state index is 12.1. The van der Waals surface area contributed by atoms with Crippen molar-refractivity contribution < 1.29 is 4.79 Å². The summed E-state index contributed by atoms with van der Waals surface area (Å²) in [7, 11) is 0. The van der Waals surface area contributed by atoms with Gasteiger partial charge >= 0.3 is 0 Å². The van der Waals surface area contributed by atoms with E-state index in [1.165, 1.54) is 5.56 Å². The standard InChI is InChI=1S/C12H15BrN2O/c1-8(7-14)12(16)15-5-4-9-2-3-10(13)6-11(9)15/h2-3,6,8H,4-5,7,14H2,1H3. The molecule has 1 aliphatic rings. The highest BCUT2D eigenvalue weighted by Gasteiger charge is 2.27.